The number of nitrogens with two attached hydrogens (primary N) is 2. The van der Waals surface area contributed by atoms with E-state index in [1.807, 2.05) is 24.3 Å². The summed E-state index contributed by atoms with van der Waals surface area (Å²) in [6.45, 7) is 6.59. The van der Waals surface area contributed by atoms with Gasteiger partial charge in [0, 0.05) is 68.2 Å². The van der Waals surface area contributed by atoms with E-state index in [-0.39, 0.29) is 6.04 Å². The number of hydrogen-bond donors (Lipinski definition) is 5. The van der Waals surface area contributed by atoms with Crippen molar-refractivity contribution in [2.45, 2.75) is 41.0 Å². The van der Waals surface area contributed by atoms with E-state index in [1.165, 1.54) is 23.9 Å². The van der Waals surface area contributed by atoms with Crippen LogP contribution in [0.3, 0.4) is 0 Å². The summed E-state index contributed by atoms with van der Waals surface area (Å²) in [5.41, 5.74) is 12.9. The van der Waals surface area contributed by atoms with E-state index >= 15 is 0 Å². The molecule has 2 aliphatic heterocycles. The maximum absolute atomic E-state index is 13.6. The summed E-state index contributed by atoms with van der Waals surface area (Å²) in [5, 5.41) is 13.9. The fourth-order valence-electron chi connectivity index (χ4n) is 4.52. The quantitative estimate of drug-likeness (QED) is 0.221. The Hall–Kier alpha value is -2.72. The third kappa shape index (κ3) is 9.67. The fraction of sp³-hybridized carbons (Fsp3) is 0.500. The molecule has 0 bridgehead atoms. The van der Waals surface area contributed by atoms with Crippen LogP contribution in [0.1, 0.15) is 18.4 Å². The van der Waals surface area contributed by atoms with Crippen LogP contribution in [0.2, 0.25) is 0 Å². The number of halogens is 6. The zero-order chi connectivity index (χ0) is 30.2. The molecule has 2 heterocycles. The summed E-state index contributed by atoms with van der Waals surface area (Å²) in [6.07, 6.45) is -7.73. The maximum Gasteiger partial charge on any atom is 0.490 e. The van der Waals surface area contributed by atoms with Gasteiger partial charge in [-0.3, -0.25) is 4.90 Å². The number of para-hydroxylation sites is 1. The van der Waals surface area contributed by atoms with Gasteiger partial charge in [-0.05, 0) is 37.1 Å². The number of carboxylic acids is 1. The second kappa shape index (κ2) is 14.4. The lowest BCUT2D eigenvalue weighted by atomic mass is 10.0. The van der Waals surface area contributed by atoms with Crippen LogP contribution in [-0.4, -0.2) is 85.5 Å². The highest BCUT2D eigenvalue weighted by molar-refractivity contribution is 7.99. The normalized spacial score (nSPS) is 15.8. The first kappa shape index (κ1) is 32.8. The number of rotatable bonds is 9. The van der Waals surface area contributed by atoms with Gasteiger partial charge in [-0.2, -0.15) is 26.3 Å². The standard InChI is InChI=1S/C24H33F3N6S.C2HF3O2/c25-24(26,27)17-15-20(23-22(16-17)34-21-4-2-1-3-19(21)31-23)30-18-5-9-32(10-6-18)13-14-33(11-7-28)12-8-29;3-2(4,5)1(6)7/h1-4,15-16,18,30-31H,5-14,28-29H2;(H,6,7). The number of piperidine rings is 1. The monoisotopic (exact) mass is 608 g/mol. The number of fused-ring (bicyclic) bond motifs is 2. The SMILES string of the molecule is NCCN(CCN)CCN1CCC(Nc2cc(C(F)(F)F)cc3c2Nc2ccccc2S3)CC1.O=C(O)C(F)(F)F. The van der Waals surface area contributed by atoms with Gasteiger partial charge >= 0.3 is 18.3 Å². The Morgan fingerprint density at radius 1 is 1.02 bits per heavy atom. The number of aliphatic carboxylic acids is 1. The third-order valence-electron chi connectivity index (χ3n) is 6.61. The lowest BCUT2D eigenvalue weighted by Crippen LogP contribution is -2.44. The second-order valence-electron chi connectivity index (χ2n) is 9.60. The zero-order valence-electron chi connectivity index (χ0n) is 22.2. The van der Waals surface area contributed by atoms with Crippen LogP contribution in [0.5, 0.6) is 0 Å². The van der Waals surface area contributed by atoms with Crippen LogP contribution in [0, 0.1) is 0 Å². The predicted octanol–water partition coefficient (Wildman–Crippen LogP) is 4.64. The maximum atomic E-state index is 13.6. The van der Waals surface area contributed by atoms with Gasteiger partial charge in [0.15, 0.2) is 0 Å². The number of nitrogens with zero attached hydrogens (tertiary/aromatic N) is 2. The minimum absolute atomic E-state index is 0.122. The molecule has 15 heteroatoms. The number of nitrogens with one attached hydrogen (secondary N) is 2. The minimum atomic E-state index is -5.08. The number of carbonyl (C=O) groups is 1. The second-order valence-corrected chi connectivity index (χ2v) is 10.7. The Morgan fingerprint density at radius 2 is 1.63 bits per heavy atom. The van der Waals surface area contributed by atoms with Gasteiger partial charge in [0.2, 0.25) is 0 Å². The lowest BCUT2D eigenvalue weighted by Gasteiger charge is -2.35. The van der Waals surface area contributed by atoms with Gasteiger partial charge in [0.25, 0.3) is 0 Å². The first-order valence-electron chi connectivity index (χ1n) is 13.0. The van der Waals surface area contributed by atoms with E-state index in [9.17, 15) is 26.3 Å². The zero-order valence-corrected chi connectivity index (χ0v) is 23.0. The molecule has 0 spiro atoms. The van der Waals surface area contributed by atoms with E-state index in [4.69, 9.17) is 21.4 Å². The van der Waals surface area contributed by atoms with Crippen molar-refractivity contribution in [3.8, 4) is 0 Å². The highest BCUT2D eigenvalue weighted by Gasteiger charge is 2.38. The molecule has 4 rings (SSSR count). The van der Waals surface area contributed by atoms with Gasteiger partial charge in [0.1, 0.15) is 0 Å². The molecule has 0 amide bonds. The molecular weight excluding hydrogens is 574 g/mol. The fourth-order valence-corrected chi connectivity index (χ4v) is 5.58. The smallest absolute Gasteiger partial charge is 0.475 e. The molecule has 7 N–H and O–H groups in total. The molecule has 0 saturated carbocycles. The van der Waals surface area contributed by atoms with Gasteiger partial charge in [0.05, 0.1) is 22.6 Å². The van der Waals surface area contributed by atoms with E-state index < -0.39 is 23.9 Å². The van der Waals surface area contributed by atoms with Crippen molar-refractivity contribution in [1.29, 1.82) is 0 Å². The molecule has 1 fully saturated rings. The van der Waals surface area contributed by atoms with Gasteiger partial charge in [-0.1, -0.05) is 23.9 Å². The van der Waals surface area contributed by atoms with Crippen LogP contribution in [-0.2, 0) is 11.0 Å². The van der Waals surface area contributed by atoms with Crippen molar-refractivity contribution < 1.29 is 36.2 Å². The van der Waals surface area contributed by atoms with Crippen molar-refractivity contribution in [3.63, 3.8) is 0 Å². The minimum Gasteiger partial charge on any atom is -0.475 e. The van der Waals surface area contributed by atoms with Gasteiger partial charge in [-0.25, -0.2) is 4.79 Å². The van der Waals surface area contributed by atoms with Crippen LogP contribution >= 0.6 is 11.8 Å². The number of carboxylic acid groups (broad SMARTS) is 1. The molecule has 0 radical (unpaired) electrons. The first-order valence-corrected chi connectivity index (χ1v) is 13.8. The Labute approximate surface area is 238 Å². The van der Waals surface area contributed by atoms with Gasteiger partial charge < -0.3 is 32.1 Å². The Balaban J connectivity index is 0.000000587. The Bertz CT molecular complexity index is 1150. The summed E-state index contributed by atoms with van der Waals surface area (Å²) < 4.78 is 72.7. The van der Waals surface area contributed by atoms with Crippen LogP contribution in [0.15, 0.2) is 46.2 Å². The summed E-state index contributed by atoms with van der Waals surface area (Å²) in [6, 6.07) is 10.3. The number of hydrogen-bond acceptors (Lipinski definition) is 8. The molecule has 2 aromatic carbocycles. The highest BCUT2D eigenvalue weighted by atomic mass is 32.2. The molecule has 8 nitrogen and oxygen atoms in total. The molecule has 228 valence electrons. The van der Waals surface area contributed by atoms with Crippen LogP contribution in [0.25, 0.3) is 0 Å². The molecule has 2 aliphatic rings. The molecule has 0 aliphatic carbocycles. The van der Waals surface area contributed by atoms with Crippen molar-refractivity contribution in [2.24, 2.45) is 11.5 Å². The van der Waals surface area contributed by atoms with Crippen LogP contribution < -0.4 is 22.1 Å². The highest BCUT2D eigenvalue weighted by Crippen LogP contribution is 2.49. The molecular formula is C26H34F6N6O2S. The molecule has 0 atom stereocenters. The van der Waals surface area contributed by atoms with Crippen molar-refractivity contribution in [1.82, 2.24) is 9.80 Å². The van der Waals surface area contributed by atoms with Gasteiger partial charge in [-0.15, -0.1) is 0 Å². The Morgan fingerprint density at radius 3 is 2.20 bits per heavy atom. The summed E-state index contributed by atoms with van der Waals surface area (Å²) in [5.74, 6) is -2.76. The summed E-state index contributed by atoms with van der Waals surface area (Å²) in [7, 11) is 0. The number of benzene rings is 2. The van der Waals surface area contributed by atoms with E-state index in [0.717, 1.165) is 68.4 Å². The molecule has 41 heavy (non-hydrogen) atoms. The van der Waals surface area contributed by atoms with Crippen molar-refractivity contribution in [3.05, 3.63) is 42.0 Å². The number of alkyl halides is 6. The Kier molecular flexibility index (Phi) is 11.6. The average Bonchev–Trinajstić information content (AvgIpc) is 2.91. The topological polar surface area (TPSA) is 120 Å². The summed E-state index contributed by atoms with van der Waals surface area (Å²) in [4.78, 5) is 15.1. The van der Waals surface area contributed by atoms with E-state index in [1.54, 1.807) is 0 Å². The van der Waals surface area contributed by atoms with Crippen molar-refractivity contribution >= 4 is 34.8 Å². The predicted molar refractivity (Wildman–Crippen MR) is 147 cm³/mol. The van der Waals surface area contributed by atoms with Crippen molar-refractivity contribution in [2.75, 3.05) is 63.0 Å². The lowest BCUT2D eigenvalue weighted by molar-refractivity contribution is -0.192. The largest absolute Gasteiger partial charge is 0.490 e. The molecule has 2 aromatic rings. The molecule has 0 aromatic heterocycles. The molecule has 1 saturated heterocycles. The first-order chi connectivity index (χ1) is 19.3. The number of anilines is 3. The summed E-state index contributed by atoms with van der Waals surface area (Å²) >= 11 is 1.37. The van der Waals surface area contributed by atoms with Crippen LogP contribution in [0.4, 0.5) is 43.4 Å². The average molecular weight is 609 g/mol. The van der Waals surface area contributed by atoms with E-state index in [0.29, 0.717) is 23.7 Å². The number of likely N-dealkylation sites (tertiary alicyclic amines) is 1. The van der Waals surface area contributed by atoms with E-state index in [2.05, 4.69) is 20.4 Å². The third-order valence-corrected chi connectivity index (χ3v) is 7.73. The molecule has 0 unspecified atom stereocenters.